The molecule has 0 aromatic carbocycles. The van der Waals surface area contributed by atoms with E-state index in [0.717, 1.165) is 38.5 Å². The smallest absolute Gasteiger partial charge is 0.309 e. The Morgan fingerprint density at radius 3 is 1.47 bits per heavy atom. The monoisotopic (exact) mass is 543 g/mol. The minimum absolute atomic E-state index is 0.102. The van der Waals surface area contributed by atoms with Crippen molar-refractivity contribution < 1.29 is 34.4 Å². The number of aliphatic hydroxyl groups is 3. The Balaban J connectivity index is 2.67. The van der Waals surface area contributed by atoms with Crippen LogP contribution in [0.1, 0.15) is 117 Å². The van der Waals surface area contributed by atoms with Gasteiger partial charge in [0.05, 0.1) is 44.4 Å². The number of esters is 2. The largest absolute Gasteiger partial charge is 0.465 e. The minimum atomic E-state index is -0.864. The van der Waals surface area contributed by atoms with Crippen LogP contribution in [0.25, 0.3) is 0 Å². The fourth-order valence-electron chi connectivity index (χ4n) is 5.45. The van der Waals surface area contributed by atoms with E-state index in [1.54, 1.807) is 4.90 Å². The van der Waals surface area contributed by atoms with Crippen LogP contribution in [0, 0.1) is 11.8 Å². The van der Waals surface area contributed by atoms with Gasteiger partial charge in [0.25, 0.3) is 0 Å². The van der Waals surface area contributed by atoms with E-state index in [0.29, 0.717) is 13.2 Å². The zero-order valence-corrected chi connectivity index (χ0v) is 24.3. The predicted octanol–water partition coefficient (Wildman–Crippen LogP) is 4.62. The summed E-state index contributed by atoms with van der Waals surface area (Å²) in [6.45, 7) is 5.34. The van der Waals surface area contributed by atoms with E-state index in [1.807, 2.05) is 0 Å². The number of carbonyl (C=O) groups is 2. The molecule has 3 N–H and O–H groups in total. The standard InChI is InChI=1S/C30H57NO7/c1-3-5-7-9-11-13-15-21-37-29(35)25-23-27(31(17-19-32)18-20-33)28(34)24-26(25)30(36)38-22-16-14-12-10-8-6-4-2/h25-28,32-34H,3-24H2,1-2H3. The van der Waals surface area contributed by atoms with Crippen LogP contribution in [0.3, 0.4) is 0 Å². The summed E-state index contributed by atoms with van der Waals surface area (Å²) >= 11 is 0. The van der Waals surface area contributed by atoms with Gasteiger partial charge in [0, 0.05) is 19.1 Å². The lowest BCUT2D eigenvalue weighted by atomic mass is 9.74. The van der Waals surface area contributed by atoms with E-state index >= 15 is 0 Å². The van der Waals surface area contributed by atoms with Crippen LogP contribution in [0.15, 0.2) is 0 Å². The fourth-order valence-corrected chi connectivity index (χ4v) is 5.45. The molecule has 0 aliphatic heterocycles. The summed E-state index contributed by atoms with van der Waals surface area (Å²) in [5.41, 5.74) is 0. The Kier molecular flexibility index (Phi) is 20.7. The van der Waals surface area contributed by atoms with Gasteiger partial charge in [-0.25, -0.2) is 0 Å². The Bertz CT molecular complexity index is 597. The SMILES string of the molecule is CCCCCCCCCOC(=O)C1CC(O)C(N(CCO)CCO)CC1C(=O)OCCCCCCCCC. The molecule has 0 amide bonds. The van der Waals surface area contributed by atoms with E-state index in [2.05, 4.69) is 13.8 Å². The number of hydrogen-bond acceptors (Lipinski definition) is 8. The van der Waals surface area contributed by atoms with Crippen LogP contribution in [0.4, 0.5) is 0 Å². The highest BCUT2D eigenvalue weighted by Crippen LogP contribution is 2.35. The first-order valence-electron chi connectivity index (χ1n) is 15.5. The van der Waals surface area contributed by atoms with Crippen molar-refractivity contribution >= 4 is 11.9 Å². The van der Waals surface area contributed by atoms with Gasteiger partial charge in [-0.1, -0.05) is 90.9 Å². The Morgan fingerprint density at radius 1 is 0.658 bits per heavy atom. The summed E-state index contributed by atoms with van der Waals surface area (Å²) < 4.78 is 11.2. The normalized spacial score (nSPS) is 21.5. The molecule has 0 saturated heterocycles. The molecule has 1 fully saturated rings. The number of hydrogen-bond donors (Lipinski definition) is 3. The third-order valence-corrected chi connectivity index (χ3v) is 7.75. The number of rotatable bonds is 23. The summed E-state index contributed by atoms with van der Waals surface area (Å²) in [7, 11) is 0. The molecule has 1 aliphatic rings. The van der Waals surface area contributed by atoms with Gasteiger partial charge in [-0.2, -0.15) is 0 Å². The predicted molar refractivity (Wildman–Crippen MR) is 150 cm³/mol. The highest BCUT2D eigenvalue weighted by Gasteiger charge is 2.46. The van der Waals surface area contributed by atoms with Crippen LogP contribution in [0.5, 0.6) is 0 Å². The zero-order valence-electron chi connectivity index (χ0n) is 24.3. The Labute approximate surface area is 231 Å². The van der Waals surface area contributed by atoms with Crippen molar-refractivity contribution in [1.29, 1.82) is 0 Å². The molecule has 0 spiro atoms. The maximum atomic E-state index is 13.2. The van der Waals surface area contributed by atoms with E-state index in [1.165, 1.54) is 51.4 Å². The lowest BCUT2D eigenvalue weighted by Crippen LogP contribution is -2.54. The Morgan fingerprint density at radius 2 is 1.05 bits per heavy atom. The lowest BCUT2D eigenvalue weighted by Gasteiger charge is -2.42. The fraction of sp³-hybridized carbons (Fsp3) is 0.933. The van der Waals surface area contributed by atoms with Crippen LogP contribution < -0.4 is 0 Å². The van der Waals surface area contributed by atoms with Crippen molar-refractivity contribution in [2.24, 2.45) is 11.8 Å². The van der Waals surface area contributed by atoms with Crippen molar-refractivity contribution in [3.05, 3.63) is 0 Å². The quantitative estimate of drug-likeness (QED) is 0.126. The van der Waals surface area contributed by atoms with Crippen LogP contribution in [-0.2, 0) is 19.1 Å². The first-order chi connectivity index (χ1) is 18.5. The molecule has 0 radical (unpaired) electrons. The van der Waals surface area contributed by atoms with E-state index in [4.69, 9.17) is 9.47 Å². The third kappa shape index (κ3) is 14.2. The van der Waals surface area contributed by atoms with Gasteiger partial charge in [-0.15, -0.1) is 0 Å². The second kappa shape index (κ2) is 22.6. The summed E-state index contributed by atoms with van der Waals surface area (Å²) in [6.07, 6.45) is 15.1. The molecular formula is C30H57NO7. The average Bonchev–Trinajstić information content (AvgIpc) is 2.91. The van der Waals surface area contributed by atoms with Crippen molar-refractivity contribution in [2.75, 3.05) is 39.5 Å². The summed E-state index contributed by atoms with van der Waals surface area (Å²) in [5, 5.41) is 29.8. The summed E-state index contributed by atoms with van der Waals surface area (Å²) in [4.78, 5) is 28.0. The Hall–Kier alpha value is -1.22. The van der Waals surface area contributed by atoms with Gasteiger partial charge in [-0.05, 0) is 25.7 Å². The highest BCUT2D eigenvalue weighted by molar-refractivity contribution is 5.82. The van der Waals surface area contributed by atoms with Gasteiger partial charge >= 0.3 is 11.9 Å². The van der Waals surface area contributed by atoms with E-state index in [-0.39, 0.29) is 39.1 Å². The zero-order chi connectivity index (χ0) is 28.0. The van der Waals surface area contributed by atoms with Gasteiger partial charge in [0.2, 0.25) is 0 Å². The number of aliphatic hydroxyl groups excluding tert-OH is 3. The van der Waals surface area contributed by atoms with E-state index < -0.39 is 35.9 Å². The number of nitrogens with zero attached hydrogens (tertiary/aromatic N) is 1. The van der Waals surface area contributed by atoms with Crippen molar-refractivity contribution in [3.8, 4) is 0 Å². The third-order valence-electron chi connectivity index (χ3n) is 7.75. The molecule has 0 aromatic rings. The molecule has 4 unspecified atom stereocenters. The van der Waals surface area contributed by atoms with E-state index in [9.17, 15) is 24.9 Å². The van der Waals surface area contributed by atoms with Gasteiger partial charge < -0.3 is 24.8 Å². The average molecular weight is 544 g/mol. The maximum absolute atomic E-state index is 13.2. The van der Waals surface area contributed by atoms with Gasteiger partial charge in [0.15, 0.2) is 0 Å². The van der Waals surface area contributed by atoms with Crippen LogP contribution >= 0.6 is 0 Å². The van der Waals surface area contributed by atoms with Gasteiger partial charge in [0.1, 0.15) is 0 Å². The molecule has 0 aromatic heterocycles. The van der Waals surface area contributed by atoms with Crippen molar-refractivity contribution in [1.82, 2.24) is 4.90 Å². The molecule has 8 heteroatoms. The first kappa shape index (κ1) is 34.8. The van der Waals surface area contributed by atoms with Crippen LogP contribution in [-0.4, -0.2) is 83.8 Å². The number of ether oxygens (including phenoxy) is 2. The van der Waals surface area contributed by atoms with Crippen molar-refractivity contribution in [3.63, 3.8) is 0 Å². The second-order valence-corrected chi connectivity index (χ2v) is 10.9. The molecule has 1 rings (SSSR count). The minimum Gasteiger partial charge on any atom is -0.465 e. The molecule has 1 saturated carbocycles. The molecule has 1 aliphatic carbocycles. The van der Waals surface area contributed by atoms with Crippen LogP contribution in [0.2, 0.25) is 0 Å². The summed E-state index contributed by atoms with van der Waals surface area (Å²) in [6, 6.07) is -0.447. The first-order valence-corrected chi connectivity index (χ1v) is 15.5. The highest BCUT2D eigenvalue weighted by atomic mass is 16.5. The molecule has 8 nitrogen and oxygen atoms in total. The molecule has 0 bridgehead atoms. The molecule has 38 heavy (non-hydrogen) atoms. The second-order valence-electron chi connectivity index (χ2n) is 10.9. The molecule has 0 heterocycles. The topological polar surface area (TPSA) is 117 Å². The van der Waals surface area contributed by atoms with Gasteiger partial charge in [-0.3, -0.25) is 14.5 Å². The van der Waals surface area contributed by atoms with Crippen molar-refractivity contribution in [2.45, 2.75) is 129 Å². The molecular weight excluding hydrogens is 486 g/mol. The number of carbonyl (C=O) groups excluding carboxylic acids is 2. The molecule has 224 valence electrons. The maximum Gasteiger partial charge on any atom is 0.309 e. The summed E-state index contributed by atoms with van der Waals surface area (Å²) in [5.74, 6) is -2.33. The number of unbranched alkanes of at least 4 members (excludes halogenated alkanes) is 12. The lowest BCUT2D eigenvalue weighted by molar-refractivity contribution is -0.168. The molecule has 4 atom stereocenters.